The van der Waals surface area contributed by atoms with Crippen molar-refractivity contribution in [1.29, 1.82) is 0 Å². The molecule has 1 aromatic rings. The average molecular weight is 255 g/mol. The summed E-state index contributed by atoms with van der Waals surface area (Å²) in [6, 6.07) is 8.58. The van der Waals surface area contributed by atoms with E-state index in [0.29, 0.717) is 11.9 Å². The van der Waals surface area contributed by atoms with Crippen molar-refractivity contribution in [1.82, 2.24) is 4.90 Å². The van der Waals surface area contributed by atoms with E-state index in [1.807, 2.05) is 4.90 Å². The Bertz CT molecular complexity index is 555. The van der Waals surface area contributed by atoms with E-state index in [2.05, 4.69) is 29.3 Å². The van der Waals surface area contributed by atoms with Gasteiger partial charge in [0.1, 0.15) is 11.9 Å². The van der Waals surface area contributed by atoms with Gasteiger partial charge in [0.2, 0.25) is 0 Å². The van der Waals surface area contributed by atoms with E-state index in [0.717, 1.165) is 24.3 Å². The lowest BCUT2D eigenvalue weighted by Gasteiger charge is -2.24. The quantitative estimate of drug-likeness (QED) is 0.902. The topological polar surface area (TPSA) is 58.7 Å². The Hall–Kier alpha value is -1.84. The average Bonchev–Trinajstić information content (AvgIpc) is 3.27. The number of hydrogen-bond donors (Lipinski definition) is 1. The molecule has 19 heavy (non-hydrogen) atoms. The summed E-state index contributed by atoms with van der Waals surface area (Å²) in [5.74, 6) is 1.20. The van der Waals surface area contributed by atoms with Gasteiger partial charge in [0, 0.05) is 6.04 Å². The Kier molecular flexibility index (Phi) is 2.22. The molecule has 0 spiro atoms. The van der Waals surface area contributed by atoms with E-state index >= 15 is 0 Å². The number of nitrogens with two attached hydrogens (primary N) is 1. The summed E-state index contributed by atoms with van der Waals surface area (Å²) < 4.78 is 0. The highest BCUT2D eigenvalue weighted by Gasteiger charge is 2.43. The number of carbonyl (C=O) groups excluding carboxylic acids is 1. The van der Waals surface area contributed by atoms with Gasteiger partial charge >= 0.3 is 6.03 Å². The number of carbonyl (C=O) groups is 1. The first kappa shape index (κ1) is 11.0. The third-order valence-electron chi connectivity index (χ3n) is 4.25. The van der Waals surface area contributed by atoms with Gasteiger partial charge in [0.25, 0.3) is 0 Å². The summed E-state index contributed by atoms with van der Waals surface area (Å²) in [5.41, 5.74) is 8.45. The van der Waals surface area contributed by atoms with E-state index in [-0.39, 0.29) is 12.1 Å². The van der Waals surface area contributed by atoms with Crippen LogP contribution in [0.3, 0.4) is 0 Å². The fourth-order valence-electron chi connectivity index (χ4n) is 2.90. The molecule has 1 unspecified atom stereocenters. The molecule has 3 aliphatic rings. The SMILES string of the molecule is NC1=NC(=O)N(C2CC2)C1c1ccc(C2CC2)cc1. The van der Waals surface area contributed by atoms with Gasteiger partial charge in [-0.3, -0.25) is 0 Å². The number of aliphatic imine (C=N–C) groups is 1. The molecule has 4 rings (SSSR count). The molecule has 4 nitrogen and oxygen atoms in total. The lowest BCUT2D eigenvalue weighted by atomic mass is 10.0. The van der Waals surface area contributed by atoms with Crippen LogP contribution in [0.5, 0.6) is 0 Å². The van der Waals surface area contributed by atoms with Crippen LogP contribution in [0, 0.1) is 0 Å². The van der Waals surface area contributed by atoms with Crippen LogP contribution in [0.15, 0.2) is 29.3 Å². The monoisotopic (exact) mass is 255 g/mol. The van der Waals surface area contributed by atoms with Crippen molar-refractivity contribution in [3.8, 4) is 0 Å². The molecule has 0 saturated heterocycles. The van der Waals surface area contributed by atoms with E-state index in [9.17, 15) is 4.79 Å². The normalized spacial score (nSPS) is 26.7. The summed E-state index contributed by atoms with van der Waals surface area (Å²) in [6.07, 6.45) is 4.76. The maximum atomic E-state index is 11.9. The zero-order valence-corrected chi connectivity index (χ0v) is 10.7. The molecule has 2 aliphatic carbocycles. The smallest absolute Gasteiger partial charge is 0.346 e. The largest absolute Gasteiger partial charge is 0.385 e. The van der Waals surface area contributed by atoms with Crippen LogP contribution < -0.4 is 5.73 Å². The number of rotatable bonds is 3. The third kappa shape index (κ3) is 1.82. The van der Waals surface area contributed by atoms with Crippen molar-refractivity contribution in [3.05, 3.63) is 35.4 Å². The summed E-state index contributed by atoms with van der Waals surface area (Å²) in [5, 5.41) is 0. The fraction of sp³-hybridized carbons (Fsp3) is 0.467. The number of urea groups is 1. The third-order valence-corrected chi connectivity index (χ3v) is 4.25. The molecule has 1 aliphatic heterocycles. The van der Waals surface area contributed by atoms with Crippen molar-refractivity contribution in [2.24, 2.45) is 10.7 Å². The van der Waals surface area contributed by atoms with Gasteiger partial charge in [-0.15, -0.1) is 0 Å². The second-order valence-corrected chi connectivity index (χ2v) is 5.80. The van der Waals surface area contributed by atoms with Crippen LogP contribution in [0.4, 0.5) is 4.79 Å². The molecule has 1 aromatic carbocycles. The molecule has 2 amide bonds. The summed E-state index contributed by atoms with van der Waals surface area (Å²) in [7, 11) is 0. The van der Waals surface area contributed by atoms with Gasteiger partial charge in [-0.2, -0.15) is 4.99 Å². The Morgan fingerprint density at radius 2 is 1.68 bits per heavy atom. The van der Waals surface area contributed by atoms with Crippen molar-refractivity contribution < 1.29 is 4.79 Å². The van der Waals surface area contributed by atoms with Crippen LogP contribution in [0.2, 0.25) is 0 Å². The molecule has 0 bridgehead atoms. The van der Waals surface area contributed by atoms with Crippen molar-refractivity contribution >= 4 is 11.9 Å². The minimum atomic E-state index is -0.170. The van der Waals surface area contributed by atoms with Crippen LogP contribution in [-0.2, 0) is 0 Å². The second-order valence-electron chi connectivity index (χ2n) is 5.80. The Morgan fingerprint density at radius 1 is 1.05 bits per heavy atom. The van der Waals surface area contributed by atoms with Crippen LogP contribution in [0.1, 0.15) is 48.8 Å². The summed E-state index contributed by atoms with van der Waals surface area (Å²) >= 11 is 0. The molecule has 2 N–H and O–H groups in total. The number of amides is 2. The predicted molar refractivity (Wildman–Crippen MR) is 73.0 cm³/mol. The van der Waals surface area contributed by atoms with E-state index in [1.54, 1.807) is 0 Å². The number of benzene rings is 1. The predicted octanol–water partition coefficient (Wildman–Crippen LogP) is 2.56. The zero-order chi connectivity index (χ0) is 13.0. The van der Waals surface area contributed by atoms with Crippen molar-refractivity contribution in [3.63, 3.8) is 0 Å². The Morgan fingerprint density at radius 3 is 2.26 bits per heavy atom. The van der Waals surface area contributed by atoms with E-state index in [1.165, 1.54) is 18.4 Å². The molecule has 2 fully saturated rings. The minimum Gasteiger partial charge on any atom is -0.385 e. The van der Waals surface area contributed by atoms with Gasteiger partial charge in [-0.05, 0) is 42.7 Å². The lowest BCUT2D eigenvalue weighted by molar-refractivity contribution is 0.203. The highest BCUT2D eigenvalue weighted by atomic mass is 16.2. The van der Waals surface area contributed by atoms with E-state index < -0.39 is 0 Å². The number of hydrogen-bond acceptors (Lipinski definition) is 2. The van der Waals surface area contributed by atoms with Crippen LogP contribution >= 0.6 is 0 Å². The van der Waals surface area contributed by atoms with Gasteiger partial charge < -0.3 is 10.6 Å². The summed E-state index contributed by atoms with van der Waals surface area (Å²) in [6.45, 7) is 0. The first-order chi connectivity index (χ1) is 9.24. The standard InChI is InChI=1S/C15H17N3O/c16-14-13(18(12-7-8-12)15(19)17-14)11-5-3-10(4-6-11)9-1-2-9/h3-6,9,12-13H,1-2,7-8H2,(H2,16,17,19). The van der Waals surface area contributed by atoms with E-state index in [4.69, 9.17) is 5.73 Å². The first-order valence-electron chi connectivity index (χ1n) is 7.00. The van der Waals surface area contributed by atoms with Crippen molar-refractivity contribution in [2.45, 2.75) is 43.7 Å². The molecular weight excluding hydrogens is 238 g/mol. The van der Waals surface area contributed by atoms with Crippen LogP contribution in [0.25, 0.3) is 0 Å². The highest BCUT2D eigenvalue weighted by Crippen LogP contribution is 2.41. The maximum Gasteiger partial charge on any atom is 0.346 e. The van der Waals surface area contributed by atoms with Gasteiger partial charge in [-0.25, -0.2) is 4.79 Å². The number of amidine groups is 1. The van der Waals surface area contributed by atoms with Gasteiger partial charge in [0.05, 0.1) is 0 Å². The van der Waals surface area contributed by atoms with Gasteiger partial charge in [0.15, 0.2) is 0 Å². The molecule has 0 radical (unpaired) electrons. The highest BCUT2D eigenvalue weighted by molar-refractivity contribution is 6.03. The minimum absolute atomic E-state index is 0.145. The van der Waals surface area contributed by atoms with Crippen LogP contribution in [-0.4, -0.2) is 22.8 Å². The van der Waals surface area contributed by atoms with Gasteiger partial charge in [-0.1, -0.05) is 24.3 Å². The maximum absolute atomic E-state index is 11.9. The molecular formula is C15H17N3O. The second kappa shape index (κ2) is 3.83. The summed E-state index contributed by atoms with van der Waals surface area (Å²) in [4.78, 5) is 17.7. The Balaban J connectivity index is 1.65. The lowest BCUT2D eigenvalue weighted by Crippen LogP contribution is -2.34. The zero-order valence-electron chi connectivity index (χ0n) is 10.7. The molecule has 4 heteroatoms. The molecule has 1 heterocycles. The molecule has 98 valence electrons. The first-order valence-corrected chi connectivity index (χ1v) is 7.00. The fourth-order valence-corrected chi connectivity index (χ4v) is 2.90. The molecule has 0 aromatic heterocycles. The Labute approximate surface area is 112 Å². The number of nitrogens with zero attached hydrogens (tertiary/aromatic N) is 2. The molecule has 2 saturated carbocycles. The van der Waals surface area contributed by atoms with Crippen molar-refractivity contribution in [2.75, 3.05) is 0 Å². The molecule has 1 atom stereocenters.